The highest BCUT2D eigenvalue weighted by molar-refractivity contribution is 5.77. The maximum atomic E-state index is 11.4. The van der Waals surface area contributed by atoms with E-state index in [0.29, 0.717) is 6.54 Å². The first-order valence-electron chi connectivity index (χ1n) is 9.84. The first-order chi connectivity index (χ1) is 15.6. The Hall–Kier alpha value is -3.25. The summed E-state index contributed by atoms with van der Waals surface area (Å²) in [5, 5.41) is 7.14. The second-order valence-corrected chi connectivity index (χ2v) is 6.42. The Bertz CT molecular complexity index is 780. The summed E-state index contributed by atoms with van der Waals surface area (Å²) < 4.78 is 38.8. The Labute approximate surface area is 199 Å². The Morgan fingerprint density at radius 2 is 1.56 bits per heavy atom. The quantitative estimate of drug-likeness (QED) is 0.550. The average Bonchev–Trinajstić information content (AvgIpc) is 2.79. The third-order valence-corrected chi connectivity index (χ3v) is 3.52. The maximum absolute atomic E-state index is 11.4. The Kier molecular flexibility index (Phi) is 18.6. The summed E-state index contributed by atoms with van der Waals surface area (Å²) in [5.74, 6) is -0.662. The van der Waals surface area contributed by atoms with Crippen LogP contribution in [0.4, 0.5) is 18.0 Å². The van der Waals surface area contributed by atoms with Crippen LogP contribution >= 0.6 is 0 Å². The lowest BCUT2D eigenvalue weighted by Gasteiger charge is -2.14. The number of aromatic nitrogens is 2. The number of halogens is 3. The van der Waals surface area contributed by atoms with Gasteiger partial charge in [-0.15, -0.1) is 0 Å². The van der Waals surface area contributed by atoms with E-state index in [1.807, 2.05) is 43.4 Å². The third kappa shape index (κ3) is 18.3. The van der Waals surface area contributed by atoms with Gasteiger partial charge in [-0.3, -0.25) is 14.8 Å². The van der Waals surface area contributed by atoms with Crippen LogP contribution in [0, 0.1) is 0 Å². The minimum atomic E-state index is -4.33. The van der Waals surface area contributed by atoms with Gasteiger partial charge in [0.1, 0.15) is 6.54 Å². The maximum Gasteiger partial charge on any atom is 0.409 e. The van der Waals surface area contributed by atoms with Crippen LogP contribution in [0.3, 0.4) is 0 Å². The first-order valence-corrected chi connectivity index (χ1v) is 9.84. The summed E-state index contributed by atoms with van der Waals surface area (Å²) in [6.07, 6.45) is -1.19. The Balaban J connectivity index is 0. The standard InChI is InChI=1S/C9H12N2O2.C7H10N2.C5H9F3N2O.CH4/c1-11(9(12)13-2)7-8-5-3-4-6-10-8;1-8-6-7-4-2-3-5-9-7;1-9-2-4(11)10-3-5(6,7)8;/h3-6H,7H2,1-2H3;2-5,8H,6H2,1H3;9H,2-3H2,1H3,(H,10,11);1H4. The molecule has 192 valence electrons. The van der Waals surface area contributed by atoms with Crippen LogP contribution < -0.4 is 16.0 Å². The van der Waals surface area contributed by atoms with Gasteiger partial charge in [0.2, 0.25) is 5.91 Å². The molecule has 2 aromatic heterocycles. The van der Waals surface area contributed by atoms with E-state index in [4.69, 9.17) is 0 Å². The van der Waals surface area contributed by atoms with E-state index in [-0.39, 0.29) is 20.1 Å². The van der Waals surface area contributed by atoms with Crippen LogP contribution in [0.15, 0.2) is 48.8 Å². The van der Waals surface area contributed by atoms with Gasteiger partial charge in [-0.2, -0.15) is 13.2 Å². The Morgan fingerprint density at radius 1 is 1.00 bits per heavy atom. The van der Waals surface area contributed by atoms with Crippen molar-refractivity contribution in [1.82, 2.24) is 30.8 Å². The number of likely N-dealkylation sites (N-methyl/N-ethyl adjacent to an activating group) is 1. The fourth-order valence-electron chi connectivity index (χ4n) is 2.06. The zero-order chi connectivity index (χ0) is 25.1. The van der Waals surface area contributed by atoms with E-state index in [1.54, 1.807) is 24.8 Å². The largest absolute Gasteiger partial charge is 0.453 e. The third-order valence-electron chi connectivity index (χ3n) is 3.52. The molecule has 0 aliphatic carbocycles. The predicted molar refractivity (Wildman–Crippen MR) is 125 cm³/mol. The number of amides is 2. The molecule has 0 saturated carbocycles. The van der Waals surface area contributed by atoms with Crippen molar-refractivity contribution >= 4 is 12.0 Å². The normalized spacial score (nSPS) is 9.74. The smallest absolute Gasteiger partial charge is 0.409 e. The van der Waals surface area contributed by atoms with Gasteiger partial charge in [-0.25, -0.2) is 4.79 Å². The van der Waals surface area contributed by atoms with Crippen LogP contribution in [0.1, 0.15) is 18.8 Å². The van der Waals surface area contributed by atoms with Crippen molar-refractivity contribution in [2.45, 2.75) is 26.7 Å². The van der Waals surface area contributed by atoms with E-state index >= 15 is 0 Å². The summed E-state index contributed by atoms with van der Waals surface area (Å²) in [6.45, 7) is -0.0576. The molecule has 34 heavy (non-hydrogen) atoms. The second-order valence-electron chi connectivity index (χ2n) is 6.42. The molecule has 9 nitrogen and oxygen atoms in total. The SMILES string of the molecule is C.CNCC(=O)NCC(F)(F)F.CNCc1ccccn1.COC(=O)N(C)Cc1ccccn1. The number of nitrogens with one attached hydrogen (secondary N) is 3. The number of pyridine rings is 2. The minimum Gasteiger partial charge on any atom is -0.453 e. The van der Waals surface area contributed by atoms with Crippen molar-refractivity contribution < 1.29 is 27.5 Å². The highest BCUT2D eigenvalue weighted by Gasteiger charge is 2.27. The van der Waals surface area contributed by atoms with E-state index in [0.717, 1.165) is 17.9 Å². The van der Waals surface area contributed by atoms with Crippen molar-refractivity contribution in [3.8, 4) is 0 Å². The van der Waals surface area contributed by atoms with Gasteiger partial charge in [0.25, 0.3) is 0 Å². The van der Waals surface area contributed by atoms with Gasteiger partial charge in [0, 0.05) is 26.0 Å². The molecular formula is C22H35F3N6O3. The van der Waals surface area contributed by atoms with E-state index in [9.17, 15) is 22.8 Å². The molecular weight excluding hydrogens is 453 g/mol. The summed E-state index contributed by atoms with van der Waals surface area (Å²) in [6, 6.07) is 11.5. The van der Waals surface area contributed by atoms with Gasteiger partial charge < -0.3 is 25.6 Å². The molecule has 0 atom stereocenters. The van der Waals surface area contributed by atoms with Gasteiger partial charge in [-0.1, -0.05) is 19.6 Å². The molecule has 0 aliphatic heterocycles. The summed E-state index contributed by atoms with van der Waals surface area (Å²) in [5.41, 5.74) is 1.93. The molecule has 0 bridgehead atoms. The molecule has 0 aromatic carbocycles. The highest BCUT2D eigenvalue weighted by Crippen LogP contribution is 2.11. The zero-order valence-corrected chi connectivity index (χ0v) is 19.1. The van der Waals surface area contributed by atoms with E-state index in [1.165, 1.54) is 19.1 Å². The fraction of sp³-hybridized carbons (Fsp3) is 0.455. The van der Waals surface area contributed by atoms with Crippen molar-refractivity contribution in [1.29, 1.82) is 0 Å². The van der Waals surface area contributed by atoms with Crippen LogP contribution in [-0.2, 0) is 22.6 Å². The molecule has 0 spiro atoms. The van der Waals surface area contributed by atoms with Crippen LogP contribution in [-0.4, -0.2) is 74.4 Å². The fourth-order valence-corrected chi connectivity index (χ4v) is 2.06. The van der Waals surface area contributed by atoms with Gasteiger partial charge in [-0.05, 0) is 38.4 Å². The predicted octanol–water partition coefficient (Wildman–Crippen LogP) is 2.60. The molecule has 0 fully saturated rings. The number of carbonyl (C=O) groups is 2. The number of hydrogen-bond acceptors (Lipinski definition) is 7. The zero-order valence-electron chi connectivity index (χ0n) is 19.1. The van der Waals surface area contributed by atoms with E-state index in [2.05, 4.69) is 25.3 Å². The lowest BCUT2D eigenvalue weighted by molar-refractivity contribution is -0.137. The first kappa shape index (κ1) is 32.9. The number of hydrogen-bond donors (Lipinski definition) is 3. The average molecular weight is 489 g/mol. The highest BCUT2D eigenvalue weighted by atomic mass is 19.4. The van der Waals surface area contributed by atoms with E-state index < -0.39 is 18.6 Å². The molecule has 2 aromatic rings. The molecule has 0 radical (unpaired) electrons. The number of carbonyl (C=O) groups excluding carboxylic acids is 2. The minimum absolute atomic E-state index is 0. The van der Waals surface area contributed by atoms with Gasteiger partial charge >= 0.3 is 12.3 Å². The number of alkyl halides is 3. The molecule has 0 unspecified atom stereocenters. The molecule has 0 saturated heterocycles. The monoisotopic (exact) mass is 488 g/mol. The topological polar surface area (TPSA) is 108 Å². The lowest BCUT2D eigenvalue weighted by atomic mass is 10.3. The molecule has 2 amide bonds. The molecule has 0 aliphatic rings. The second kappa shape index (κ2) is 19.2. The molecule has 12 heteroatoms. The van der Waals surface area contributed by atoms with Crippen LogP contribution in [0.25, 0.3) is 0 Å². The van der Waals surface area contributed by atoms with Crippen molar-refractivity contribution in [3.05, 3.63) is 60.2 Å². The van der Waals surface area contributed by atoms with Crippen molar-refractivity contribution in [2.75, 3.05) is 41.3 Å². The van der Waals surface area contributed by atoms with Crippen molar-refractivity contribution in [3.63, 3.8) is 0 Å². The summed E-state index contributed by atoms with van der Waals surface area (Å²) in [7, 11) is 6.42. The number of nitrogens with zero attached hydrogens (tertiary/aromatic N) is 3. The number of methoxy groups -OCH3 is 1. The Morgan fingerprint density at radius 3 is 1.97 bits per heavy atom. The van der Waals surface area contributed by atoms with Crippen LogP contribution in [0.5, 0.6) is 0 Å². The van der Waals surface area contributed by atoms with Crippen molar-refractivity contribution in [2.24, 2.45) is 0 Å². The number of ether oxygens (including phenoxy) is 1. The number of rotatable bonds is 7. The summed E-state index contributed by atoms with van der Waals surface area (Å²) >= 11 is 0. The molecule has 3 N–H and O–H groups in total. The van der Waals surface area contributed by atoms with Gasteiger partial charge in [0.15, 0.2) is 0 Å². The molecule has 2 heterocycles. The summed E-state index contributed by atoms with van der Waals surface area (Å²) in [4.78, 5) is 31.1. The van der Waals surface area contributed by atoms with Crippen LogP contribution in [0.2, 0.25) is 0 Å². The molecule has 2 rings (SSSR count). The lowest BCUT2D eigenvalue weighted by Crippen LogP contribution is -2.38. The van der Waals surface area contributed by atoms with Gasteiger partial charge in [0.05, 0.1) is 31.6 Å².